The third-order valence-electron chi connectivity index (χ3n) is 3.89. The van der Waals surface area contributed by atoms with Crippen LogP contribution in [0, 0.1) is 0 Å². The second-order valence-electron chi connectivity index (χ2n) is 5.87. The van der Waals surface area contributed by atoms with Crippen LogP contribution in [0.4, 0.5) is 26.3 Å². The zero-order chi connectivity index (χ0) is 20.7. The van der Waals surface area contributed by atoms with Crippen LogP contribution >= 0.6 is 0 Å². The van der Waals surface area contributed by atoms with E-state index in [0.29, 0.717) is 26.9 Å². The number of nitrogens with one attached hydrogen (secondary N) is 1. The summed E-state index contributed by atoms with van der Waals surface area (Å²) in [7, 11) is 0. The Balaban J connectivity index is 2.15. The molecule has 5 nitrogen and oxygen atoms in total. The van der Waals surface area contributed by atoms with Crippen molar-refractivity contribution in [3.8, 4) is 5.69 Å². The normalized spacial score (nSPS) is 12.4. The summed E-state index contributed by atoms with van der Waals surface area (Å²) >= 11 is 0. The molecule has 0 atom stereocenters. The molecule has 2 aromatic carbocycles. The maximum atomic E-state index is 13.0. The van der Waals surface area contributed by atoms with Gasteiger partial charge in [-0.15, -0.1) is 0 Å². The van der Waals surface area contributed by atoms with E-state index in [0.717, 1.165) is 0 Å². The van der Waals surface area contributed by atoms with Gasteiger partial charge in [0.2, 0.25) is 0 Å². The van der Waals surface area contributed by atoms with Gasteiger partial charge in [-0.2, -0.15) is 26.3 Å². The fourth-order valence-electron chi connectivity index (χ4n) is 2.56. The summed E-state index contributed by atoms with van der Waals surface area (Å²) in [5, 5.41) is 1.98. The van der Waals surface area contributed by atoms with Crippen molar-refractivity contribution in [2.45, 2.75) is 18.9 Å². The molecule has 1 heterocycles. The van der Waals surface area contributed by atoms with Gasteiger partial charge in [-0.3, -0.25) is 0 Å². The van der Waals surface area contributed by atoms with Gasteiger partial charge < -0.3 is 0 Å². The second kappa shape index (κ2) is 6.73. The van der Waals surface area contributed by atoms with Gasteiger partial charge in [-0.25, -0.2) is 23.9 Å². The molecule has 3 aromatic rings. The summed E-state index contributed by atoms with van der Waals surface area (Å²) in [6.45, 7) is -0.201. The lowest BCUT2D eigenvalue weighted by molar-refractivity contribution is -0.143. The molecule has 28 heavy (non-hydrogen) atoms. The molecule has 0 aliphatic heterocycles. The minimum absolute atomic E-state index is 0.0619. The molecule has 0 radical (unpaired) electrons. The minimum atomic E-state index is -5.08. The van der Waals surface area contributed by atoms with E-state index in [2.05, 4.69) is 0 Å². The van der Waals surface area contributed by atoms with Crippen LogP contribution in [-0.2, 0) is 18.9 Å². The Morgan fingerprint density at radius 3 is 1.86 bits per heavy atom. The van der Waals surface area contributed by atoms with Crippen LogP contribution in [0.2, 0.25) is 0 Å². The largest absolute Gasteiger partial charge is 0.416 e. The van der Waals surface area contributed by atoms with E-state index >= 15 is 0 Å². The van der Waals surface area contributed by atoms with Crippen molar-refractivity contribution in [3.63, 3.8) is 0 Å². The number of hydrogen-bond acceptors (Lipinski definition) is 2. The Morgan fingerprint density at radius 2 is 1.36 bits per heavy atom. The monoisotopic (exact) mass is 403 g/mol. The molecule has 0 fully saturated rings. The van der Waals surface area contributed by atoms with Crippen molar-refractivity contribution < 1.29 is 26.3 Å². The lowest BCUT2D eigenvalue weighted by atomic mass is 10.1. The molecule has 148 valence electrons. The van der Waals surface area contributed by atoms with Gasteiger partial charge in [0.25, 0.3) is 0 Å². The van der Waals surface area contributed by atoms with Crippen molar-refractivity contribution >= 4 is 0 Å². The lowest BCUT2D eigenvalue weighted by Gasteiger charge is -2.14. The first-order chi connectivity index (χ1) is 13.0. The minimum Gasteiger partial charge on any atom is -0.246 e. The van der Waals surface area contributed by atoms with Gasteiger partial charge in [0.1, 0.15) is 0 Å². The first-order valence-corrected chi connectivity index (χ1v) is 7.72. The third kappa shape index (κ3) is 3.87. The molecular weight excluding hydrogens is 392 g/mol. The highest BCUT2D eigenvalue weighted by atomic mass is 19.4. The molecular formula is C17H11F6N3O2. The van der Waals surface area contributed by atoms with E-state index in [9.17, 15) is 35.9 Å². The SMILES string of the molecule is O=c1[nH]n(-c2cc(C(F)(F)F)cc(C(F)(F)F)c2)c(=O)n1Cc1ccccc1. The van der Waals surface area contributed by atoms with E-state index in [4.69, 9.17) is 0 Å². The third-order valence-corrected chi connectivity index (χ3v) is 3.89. The predicted molar refractivity (Wildman–Crippen MR) is 86.2 cm³/mol. The number of aromatic amines is 1. The average Bonchev–Trinajstić information content (AvgIpc) is 2.89. The van der Waals surface area contributed by atoms with E-state index < -0.39 is 40.5 Å². The van der Waals surface area contributed by atoms with Crippen molar-refractivity contribution in [1.82, 2.24) is 14.3 Å². The number of benzene rings is 2. The van der Waals surface area contributed by atoms with Gasteiger partial charge in [0, 0.05) is 0 Å². The number of aromatic nitrogens is 3. The quantitative estimate of drug-likeness (QED) is 0.682. The number of hydrogen-bond donors (Lipinski definition) is 1. The van der Waals surface area contributed by atoms with Gasteiger partial charge >= 0.3 is 23.7 Å². The van der Waals surface area contributed by atoms with Crippen molar-refractivity contribution in [3.05, 3.63) is 86.2 Å². The first-order valence-electron chi connectivity index (χ1n) is 7.72. The molecule has 0 saturated heterocycles. The predicted octanol–water partition coefficient (Wildman–Crippen LogP) is 3.41. The first kappa shape index (κ1) is 19.5. The summed E-state index contributed by atoms with van der Waals surface area (Å²) in [6.07, 6.45) is -10.2. The molecule has 0 saturated carbocycles. The molecule has 0 unspecified atom stereocenters. The molecule has 3 rings (SSSR count). The zero-order valence-electron chi connectivity index (χ0n) is 13.8. The van der Waals surface area contributed by atoms with Crippen molar-refractivity contribution in [1.29, 1.82) is 0 Å². The molecule has 1 N–H and O–H groups in total. The topological polar surface area (TPSA) is 59.8 Å². The van der Waals surface area contributed by atoms with Crippen LogP contribution in [0.1, 0.15) is 16.7 Å². The maximum absolute atomic E-state index is 13.0. The summed E-state index contributed by atoms with van der Waals surface area (Å²) in [5.74, 6) is 0. The van der Waals surface area contributed by atoms with Gasteiger partial charge in [0.15, 0.2) is 0 Å². The molecule has 1 aromatic heterocycles. The highest BCUT2D eigenvalue weighted by Crippen LogP contribution is 2.36. The Hall–Kier alpha value is -3.24. The summed E-state index contributed by atoms with van der Waals surface area (Å²) < 4.78 is 79.0. The maximum Gasteiger partial charge on any atom is 0.416 e. The smallest absolute Gasteiger partial charge is 0.246 e. The fourth-order valence-corrected chi connectivity index (χ4v) is 2.56. The van der Waals surface area contributed by atoms with Crippen molar-refractivity contribution in [2.75, 3.05) is 0 Å². The van der Waals surface area contributed by atoms with Gasteiger partial charge in [-0.1, -0.05) is 30.3 Å². The Bertz CT molecular complexity index is 1070. The van der Waals surface area contributed by atoms with Crippen LogP contribution < -0.4 is 11.4 Å². The Kier molecular flexibility index (Phi) is 4.69. The van der Waals surface area contributed by atoms with E-state index in [1.54, 1.807) is 30.3 Å². The summed E-state index contributed by atoms with van der Waals surface area (Å²) in [5.41, 5.74) is -5.47. The van der Waals surface area contributed by atoms with E-state index in [-0.39, 0.29) is 12.6 Å². The number of rotatable bonds is 3. The van der Waals surface area contributed by atoms with Crippen LogP contribution in [0.15, 0.2) is 58.1 Å². The Labute approximate surface area is 152 Å². The van der Waals surface area contributed by atoms with E-state index in [1.807, 2.05) is 5.10 Å². The Morgan fingerprint density at radius 1 is 0.821 bits per heavy atom. The molecule has 0 aliphatic carbocycles. The van der Waals surface area contributed by atoms with Crippen molar-refractivity contribution in [2.24, 2.45) is 0 Å². The standard InChI is InChI=1S/C17H11F6N3O2/c18-16(19,20)11-6-12(17(21,22)23)8-13(7-11)26-15(28)25(14(27)24-26)9-10-4-2-1-3-5-10/h1-8H,9H2,(H,24,27). The molecule has 0 aliphatic rings. The highest BCUT2D eigenvalue weighted by molar-refractivity contribution is 5.41. The second-order valence-corrected chi connectivity index (χ2v) is 5.87. The lowest BCUT2D eigenvalue weighted by Crippen LogP contribution is -2.29. The zero-order valence-corrected chi connectivity index (χ0v) is 13.8. The van der Waals surface area contributed by atoms with Gasteiger partial charge in [-0.05, 0) is 23.8 Å². The van der Waals surface area contributed by atoms with Crippen LogP contribution in [-0.4, -0.2) is 14.3 Å². The molecule has 11 heteroatoms. The molecule has 0 bridgehead atoms. The fraction of sp³-hybridized carbons (Fsp3) is 0.176. The number of halogens is 6. The van der Waals surface area contributed by atoms with Crippen LogP contribution in [0.25, 0.3) is 5.69 Å². The molecule has 0 spiro atoms. The van der Waals surface area contributed by atoms with Gasteiger partial charge in [0.05, 0.1) is 23.4 Å². The number of nitrogens with zero attached hydrogens (tertiary/aromatic N) is 2. The molecule has 0 amide bonds. The highest BCUT2D eigenvalue weighted by Gasteiger charge is 2.37. The van der Waals surface area contributed by atoms with Crippen LogP contribution in [0.3, 0.4) is 0 Å². The summed E-state index contributed by atoms with van der Waals surface area (Å²) in [4.78, 5) is 24.5. The van der Waals surface area contributed by atoms with E-state index in [1.165, 1.54) is 0 Å². The summed E-state index contributed by atoms with van der Waals surface area (Å²) in [6, 6.07) is 8.86. The number of H-pyrrole nitrogens is 1. The van der Waals surface area contributed by atoms with Crippen LogP contribution in [0.5, 0.6) is 0 Å². The average molecular weight is 403 g/mol. The number of alkyl halides is 6.